The topological polar surface area (TPSA) is 108 Å². The molecule has 0 radical (unpaired) electrons. The van der Waals surface area contributed by atoms with Crippen molar-refractivity contribution in [3.63, 3.8) is 0 Å². The van der Waals surface area contributed by atoms with Crippen LogP contribution in [0.3, 0.4) is 0 Å². The smallest absolute Gasteiger partial charge is 0.156 e. The molecule has 0 aliphatic rings. The van der Waals surface area contributed by atoms with Gasteiger partial charge < -0.3 is 19.7 Å². The van der Waals surface area contributed by atoms with Crippen LogP contribution in [0, 0.1) is 0 Å². The number of aliphatic hydroxyl groups is 2. The lowest BCUT2D eigenvalue weighted by atomic mass is 9.78. The monoisotopic (exact) mass is 487 g/mol. The molecule has 1 unspecified atom stereocenters. The number of nitrogens with zero attached hydrogens (tertiary/aromatic N) is 3. The second-order valence-electron chi connectivity index (χ2n) is 7.42. The molecule has 0 fully saturated rings. The minimum absolute atomic E-state index is 0.00923. The van der Waals surface area contributed by atoms with E-state index in [1.165, 1.54) is 0 Å². The molecule has 0 saturated carbocycles. The van der Waals surface area contributed by atoms with Crippen molar-refractivity contribution in [2.75, 3.05) is 25.6 Å². The molecule has 0 spiro atoms. The van der Waals surface area contributed by atoms with Gasteiger partial charge in [0.2, 0.25) is 0 Å². The highest BCUT2D eigenvalue weighted by Gasteiger charge is 2.26. The van der Waals surface area contributed by atoms with Crippen molar-refractivity contribution in [2.24, 2.45) is 5.11 Å². The second-order valence-corrected chi connectivity index (χ2v) is 8.54. The quantitative estimate of drug-likeness (QED) is 0.192. The maximum absolute atomic E-state index is 9.69. The maximum Gasteiger partial charge on any atom is 0.156 e. The minimum atomic E-state index is -0.873. The van der Waals surface area contributed by atoms with Gasteiger partial charge in [0.05, 0.1) is 28.6 Å². The van der Waals surface area contributed by atoms with Crippen molar-refractivity contribution >= 4 is 34.8 Å². The number of azide groups is 1. The molecule has 0 bridgehead atoms. The summed E-state index contributed by atoms with van der Waals surface area (Å²) in [5.74, 6) is 0.930. The van der Waals surface area contributed by atoms with Gasteiger partial charge in [-0.3, -0.25) is 0 Å². The fourth-order valence-corrected chi connectivity index (χ4v) is 3.48. The molecule has 168 valence electrons. The number of benzene rings is 2. The molecule has 0 amide bonds. The number of hydrogen-bond acceptors (Lipinski definition) is 5. The second kappa shape index (κ2) is 11.7. The van der Waals surface area contributed by atoms with Crippen LogP contribution in [0.15, 0.2) is 41.5 Å². The molecule has 2 N–H and O–H groups in total. The number of alkyl halides is 1. The van der Waals surface area contributed by atoms with E-state index in [1.54, 1.807) is 24.3 Å². The van der Waals surface area contributed by atoms with Crippen LogP contribution in [-0.2, 0) is 5.41 Å². The van der Waals surface area contributed by atoms with Crippen LogP contribution in [-0.4, -0.2) is 48.1 Å². The first kappa shape index (κ1) is 25.4. The van der Waals surface area contributed by atoms with Crippen LogP contribution in [0.25, 0.3) is 10.4 Å². The van der Waals surface area contributed by atoms with E-state index >= 15 is 0 Å². The largest absolute Gasteiger partial charge is 0.491 e. The number of rotatable bonds is 11. The van der Waals surface area contributed by atoms with Crippen molar-refractivity contribution in [3.8, 4) is 11.5 Å². The third-order valence-corrected chi connectivity index (χ3v) is 5.61. The lowest BCUT2D eigenvalue weighted by Gasteiger charge is -2.27. The summed E-state index contributed by atoms with van der Waals surface area (Å²) >= 11 is 18.4. The van der Waals surface area contributed by atoms with Gasteiger partial charge in [0.1, 0.15) is 25.1 Å². The van der Waals surface area contributed by atoms with Gasteiger partial charge in [-0.15, -0.1) is 11.6 Å². The fourth-order valence-electron chi connectivity index (χ4n) is 2.79. The van der Waals surface area contributed by atoms with Gasteiger partial charge in [0.25, 0.3) is 0 Å². The summed E-state index contributed by atoms with van der Waals surface area (Å²) < 4.78 is 11.0. The van der Waals surface area contributed by atoms with Crippen LogP contribution >= 0.6 is 34.8 Å². The molecule has 0 aromatic heterocycles. The highest BCUT2D eigenvalue weighted by atomic mass is 35.5. The van der Waals surface area contributed by atoms with Gasteiger partial charge in [0.15, 0.2) is 5.75 Å². The van der Waals surface area contributed by atoms with Gasteiger partial charge in [-0.1, -0.05) is 54.3 Å². The summed E-state index contributed by atoms with van der Waals surface area (Å²) in [6, 6.07) is 11.0. The van der Waals surface area contributed by atoms with Gasteiger partial charge in [-0.2, -0.15) is 0 Å². The summed E-state index contributed by atoms with van der Waals surface area (Å²) in [6.45, 7) is 4.03. The van der Waals surface area contributed by atoms with E-state index in [9.17, 15) is 10.2 Å². The molecule has 31 heavy (non-hydrogen) atoms. The zero-order valence-corrected chi connectivity index (χ0v) is 19.4. The van der Waals surface area contributed by atoms with Crippen molar-refractivity contribution in [1.82, 2.24) is 0 Å². The van der Waals surface area contributed by atoms with Crippen molar-refractivity contribution in [3.05, 3.63) is 68.0 Å². The molecule has 2 rings (SSSR count). The lowest BCUT2D eigenvalue weighted by molar-refractivity contribution is 0.114. The molecule has 7 nitrogen and oxygen atoms in total. The van der Waals surface area contributed by atoms with Crippen molar-refractivity contribution in [2.45, 2.75) is 31.5 Å². The van der Waals surface area contributed by atoms with Gasteiger partial charge in [-0.05, 0) is 40.9 Å². The maximum atomic E-state index is 9.69. The molecule has 0 heterocycles. The molecule has 2 atom stereocenters. The molecule has 2 aromatic carbocycles. The summed E-state index contributed by atoms with van der Waals surface area (Å²) in [6.07, 6.45) is -1.69. The normalized spacial score (nSPS) is 13.3. The molecule has 0 aliphatic heterocycles. The molecule has 2 aromatic rings. The summed E-state index contributed by atoms with van der Waals surface area (Å²) in [4.78, 5) is 2.60. The molecule has 0 aliphatic carbocycles. The van der Waals surface area contributed by atoms with Gasteiger partial charge in [0, 0.05) is 10.3 Å². The van der Waals surface area contributed by atoms with E-state index < -0.39 is 17.6 Å². The Balaban J connectivity index is 2.14. The summed E-state index contributed by atoms with van der Waals surface area (Å²) in [7, 11) is 0. The van der Waals surface area contributed by atoms with Crippen LogP contribution in [0.5, 0.6) is 11.5 Å². The predicted octanol–water partition coefficient (Wildman–Crippen LogP) is 5.35. The number of ether oxygens (including phenoxy) is 2. The zero-order chi connectivity index (χ0) is 23.0. The van der Waals surface area contributed by atoms with E-state index in [1.807, 2.05) is 26.0 Å². The molecular weight excluding hydrogens is 465 g/mol. The first-order valence-corrected chi connectivity index (χ1v) is 10.8. The Morgan fingerprint density at radius 1 is 1.00 bits per heavy atom. The Hall–Kier alpha value is -1.86. The van der Waals surface area contributed by atoms with Crippen LogP contribution in [0.1, 0.15) is 25.0 Å². The molecule has 10 heteroatoms. The summed E-state index contributed by atoms with van der Waals surface area (Å²) in [5, 5.41) is 23.3. The third kappa shape index (κ3) is 7.07. The highest BCUT2D eigenvalue weighted by molar-refractivity contribution is 6.37. The average Bonchev–Trinajstić information content (AvgIpc) is 2.75. The number of hydrogen-bond donors (Lipinski definition) is 2. The van der Waals surface area contributed by atoms with Crippen LogP contribution in [0.4, 0.5) is 0 Å². The van der Waals surface area contributed by atoms with Crippen LogP contribution in [0.2, 0.25) is 10.0 Å². The predicted molar refractivity (Wildman–Crippen MR) is 123 cm³/mol. The Bertz CT molecular complexity index is 896. The first-order valence-electron chi connectivity index (χ1n) is 9.47. The minimum Gasteiger partial charge on any atom is -0.491 e. The van der Waals surface area contributed by atoms with Crippen molar-refractivity contribution < 1.29 is 19.7 Å². The Morgan fingerprint density at radius 2 is 1.58 bits per heavy atom. The molecular formula is C21H24Cl3N3O4. The van der Waals surface area contributed by atoms with E-state index in [0.29, 0.717) is 21.5 Å². The number of halogens is 3. The Morgan fingerprint density at radius 3 is 2.13 bits per heavy atom. The van der Waals surface area contributed by atoms with E-state index in [-0.39, 0.29) is 25.6 Å². The van der Waals surface area contributed by atoms with E-state index in [2.05, 4.69) is 10.0 Å². The standard InChI is InChI=1S/C21H24Cl3N3O4/c1-21(2,13-3-5-17(6-4-13)30-12-16(29)10-26-27-25)14-7-18(23)20(19(24)8-14)31-11-15(28)9-22/h3-8,15-16,28-29H,9-12H2,1-2H3/t15-,16?/m1/s1. The highest BCUT2D eigenvalue weighted by Crippen LogP contribution is 2.40. The third-order valence-electron chi connectivity index (χ3n) is 4.69. The SMILES string of the molecule is CC(C)(c1ccc(OCC(O)CN=[N+]=[N-])cc1)c1cc(Cl)c(OC[C@H](O)CCl)c(Cl)c1. The first-order chi connectivity index (χ1) is 14.7. The average molecular weight is 489 g/mol. The van der Waals surface area contributed by atoms with Crippen LogP contribution < -0.4 is 9.47 Å². The molecule has 0 saturated heterocycles. The summed E-state index contributed by atoms with van der Waals surface area (Å²) in [5.41, 5.74) is 9.72. The van der Waals surface area contributed by atoms with Gasteiger partial charge in [-0.25, -0.2) is 0 Å². The lowest BCUT2D eigenvalue weighted by Crippen LogP contribution is -2.21. The Labute approximate surface area is 196 Å². The zero-order valence-electron chi connectivity index (χ0n) is 17.1. The van der Waals surface area contributed by atoms with E-state index in [0.717, 1.165) is 11.1 Å². The number of aliphatic hydroxyl groups excluding tert-OH is 2. The Kier molecular flexibility index (Phi) is 9.56. The van der Waals surface area contributed by atoms with Gasteiger partial charge >= 0.3 is 0 Å². The fraction of sp³-hybridized carbons (Fsp3) is 0.429. The van der Waals surface area contributed by atoms with Crippen molar-refractivity contribution in [1.29, 1.82) is 0 Å². The van der Waals surface area contributed by atoms with E-state index in [4.69, 9.17) is 49.8 Å².